The molecule has 0 radical (unpaired) electrons. The molecule has 2 rings (SSSR count). The van der Waals surface area contributed by atoms with E-state index in [-0.39, 0.29) is 43.8 Å². The molecule has 2 atom stereocenters. The Hall–Kier alpha value is -2.00. The summed E-state index contributed by atoms with van der Waals surface area (Å²) in [7, 11) is -3.63. The topological polar surface area (TPSA) is 86.8 Å². The highest BCUT2D eigenvalue weighted by Crippen LogP contribution is 2.27. The monoisotopic (exact) mass is 603 g/mol. The van der Waals surface area contributed by atoms with E-state index >= 15 is 0 Å². The largest absolute Gasteiger partial charge is 0.352 e. The van der Waals surface area contributed by atoms with Crippen molar-refractivity contribution in [3.05, 3.63) is 62.6 Å². The van der Waals surface area contributed by atoms with E-state index in [4.69, 9.17) is 34.8 Å². The van der Waals surface area contributed by atoms with Crippen molar-refractivity contribution in [1.82, 2.24) is 10.2 Å². The molecule has 0 aliphatic rings. The molecule has 0 heterocycles. The average molecular weight is 605 g/mol. The van der Waals surface area contributed by atoms with E-state index in [2.05, 4.69) is 5.32 Å². The molecule has 0 bridgehead atoms. The Labute approximate surface area is 241 Å². The van der Waals surface area contributed by atoms with Gasteiger partial charge in [-0.15, -0.1) is 0 Å². The lowest BCUT2D eigenvalue weighted by Crippen LogP contribution is -2.50. The van der Waals surface area contributed by atoms with Crippen LogP contribution in [-0.4, -0.2) is 50.0 Å². The van der Waals surface area contributed by atoms with Crippen molar-refractivity contribution >= 4 is 62.3 Å². The zero-order valence-electron chi connectivity index (χ0n) is 22.4. The quantitative estimate of drug-likeness (QED) is 0.294. The maximum absolute atomic E-state index is 13.5. The first-order chi connectivity index (χ1) is 17.8. The van der Waals surface area contributed by atoms with E-state index in [0.29, 0.717) is 27.2 Å². The summed E-state index contributed by atoms with van der Waals surface area (Å²) in [5.74, 6) is -0.499. The summed E-state index contributed by atoms with van der Waals surface area (Å²) < 4.78 is 26.4. The van der Waals surface area contributed by atoms with Crippen LogP contribution in [0.2, 0.25) is 15.1 Å². The number of carbonyl (C=O) groups is 2. The van der Waals surface area contributed by atoms with Gasteiger partial charge in [0.1, 0.15) is 6.04 Å². The Morgan fingerprint density at radius 3 is 2.26 bits per heavy atom. The van der Waals surface area contributed by atoms with Crippen molar-refractivity contribution in [2.24, 2.45) is 0 Å². The van der Waals surface area contributed by atoms with E-state index in [0.717, 1.165) is 23.8 Å². The van der Waals surface area contributed by atoms with Gasteiger partial charge in [-0.25, -0.2) is 8.42 Å². The number of hydrogen-bond acceptors (Lipinski definition) is 4. The molecule has 11 heteroatoms. The number of amides is 2. The van der Waals surface area contributed by atoms with Crippen LogP contribution in [0, 0.1) is 6.92 Å². The van der Waals surface area contributed by atoms with Gasteiger partial charge in [-0.05, 0) is 68.5 Å². The number of hydrogen-bond donors (Lipinski definition) is 1. The molecule has 38 heavy (non-hydrogen) atoms. The molecule has 2 aromatic rings. The van der Waals surface area contributed by atoms with Gasteiger partial charge in [-0.3, -0.25) is 13.9 Å². The molecular weight excluding hydrogens is 569 g/mol. The molecule has 2 aromatic carbocycles. The van der Waals surface area contributed by atoms with Crippen LogP contribution in [0.15, 0.2) is 36.4 Å². The number of nitrogens with zero attached hydrogens (tertiary/aromatic N) is 2. The van der Waals surface area contributed by atoms with Crippen molar-refractivity contribution in [3.63, 3.8) is 0 Å². The first-order valence-electron chi connectivity index (χ1n) is 12.6. The average Bonchev–Trinajstić information content (AvgIpc) is 2.84. The fourth-order valence-corrected chi connectivity index (χ4v) is 5.53. The number of nitrogens with one attached hydrogen (secondary N) is 1. The van der Waals surface area contributed by atoms with Crippen LogP contribution in [0.3, 0.4) is 0 Å². The summed E-state index contributed by atoms with van der Waals surface area (Å²) in [4.78, 5) is 28.2. The molecule has 0 spiro atoms. The minimum atomic E-state index is -3.63. The smallest absolute Gasteiger partial charge is 0.243 e. The minimum Gasteiger partial charge on any atom is -0.352 e. The van der Waals surface area contributed by atoms with Gasteiger partial charge in [-0.1, -0.05) is 60.8 Å². The van der Waals surface area contributed by atoms with Gasteiger partial charge in [-0.2, -0.15) is 0 Å². The van der Waals surface area contributed by atoms with Crippen molar-refractivity contribution in [2.75, 3.05) is 17.1 Å². The lowest BCUT2D eigenvalue weighted by atomic mass is 10.1. The van der Waals surface area contributed by atoms with E-state index in [1.165, 1.54) is 9.21 Å². The van der Waals surface area contributed by atoms with Gasteiger partial charge in [0.15, 0.2) is 0 Å². The fraction of sp³-hybridized carbons (Fsp3) is 0.481. The predicted molar refractivity (Wildman–Crippen MR) is 157 cm³/mol. The zero-order chi connectivity index (χ0) is 28.6. The first-order valence-corrected chi connectivity index (χ1v) is 15.5. The zero-order valence-corrected chi connectivity index (χ0v) is 25.5. The predicted octanol–water partition coefficient (Wildman–Crippen LogP) is 6.22. The SMILES string of the molecule is CC[C@H](C)NC(=O)[C@H](CC)N(Cc1ccc(Cl)c(Cl)c1)C(=O)CCCN(c1cc(Cl)ccc1C)S(C)(=O)=O. The maximum Gasteiger partial charge on any atom is 0.243 e. The number of benzene rings is 2. The highest BCUT2D eigenvalue weighted by atomic mass is 35.5. The summed E-state index contributed by atoms with van der Waals surface area (Å²) in [6.07, 6.45) is 2.58. The minimum absolute atomic E-state index is 0.0391. The van der Waals surface area contributed by atoms with Gasteiger partial charge >= 0.3 is 0 Å². The number of anilines is 1. The molecule has 210 valence electrons. The van der Waals surface area contributed by atoms with Crippen LogP contribution in [-0.2, 0) is 26.2 Å². The second kappa shape index (κ2) is 14.4. The second-order valence-corrected chi connectivity index (χ2v) is 12.5. The van der Waals surface area contributed by atoms with Crippen LogP contribution in [0.5, 0.6) is 0 Å². The third-order valence-corrected chi connectivity index (χ3v) is 8.47. The van der Waals surface area contributed by atoms with Gasteiger partial charge in [0.05, 0.1) is 22.0 Å². The van der Waals surface area contributed by atoms with Crippen molar-refractivity contribution in [1.29, 1.82) is 0 Å². The number of sulfonamides is 1. The summed E-state index contributed by atoms with van der Waals surface area (Å²) in [6.45, 7) is 7.78. The number of aryl methyl sites for hydroxylation is 1. The van der Waals surface area contributed by atoms with E-state index < -0.39 is 16.1 Å². The van der Waals surface area contributed by atoms with Gasteiger partial charge < -0.3 is 10.2 Å². The molecular formula is C27H36Cl3N3O4S. The van der Waals surface area contributed by atoms with Crippen LogP contribution in [0.1, 0.15) is 57.6 Å². The Balaban J connectivity index is 2.29. The van der Waals surface area contributed by atoms with Gasteiger partial charge in [0, 0.05) is 30.6 Å². The van der Waals surface area contributed by atoms with E-state index in [1.54, 1.807) is 43.3 Å². The van der Waals surface area contributed by atoms with Crippen LogP contribution >= 0.6 is 34.8 Å². The first kappa shape index (κ1) is 32.2. The molecule has 0 aromatic heterocycles. The second-order valence-electron chi connectivity index (χ2n) is 9.38. The fourth-order valence-electron chi connectivity index (χ4n) is 4.03. The standard InChI is InChI=1S/C27H36Cl3N3O4S/c1-6-19(4)31-27(35)24(7-2)32(17-20-11-13-22(29)23(30)15-20)26(34)9-8-14-33(38(5,36)37)25-16-21(28)12-10-18(25)3/h10-13,15-16,19,24H,6-9,14,17H2,1-5H3,(H,31,35)/t19-,24-/m0/s1. The third kappa shape index (κ3) is 9.04. The lowest BCUT2D eigenvalue weighted by Gasteiger charge is -2.32. The highest BCUT2D eigenvalue weighted by molar-refractivity contribution is 7.92. The van der Waals surface area contributed by atoms with Crippen LogP contribution < -0.4 is 9.62 Å². The van der Waals surface area contributed by atoms with E-state index in [1.807, 2.05) is 20.8 Å². The molecule has 0 saturated heterocycles. The molecule has 2 amide bonds. The van der Waals surface area contributed by atoms with Crippen LogP contribution in [0.4, 0.5) is 5.69 Å². The molecule has 7 nitrogen and oxygen atoms in total. The molecule has 0 aliphatic carbocycles. The summed E-state index contributed by atoms with van der Waals surface area (Å²) >= 11 is 18.4. The number of carbonyl (C=O) groups excluding carboxylic acids is 2. The maximum atomic E-state index is 13.5. The van der Waals surface area contributed by atoms with Crippen molar-refractivity contribution < 1.29 is 18.0 Å². The molecule has 0 unspecified atom stereocenters. The third-order valence-electron chi connectivity index (χ3n) is 6.32. The van der Waals surface area contributed by atoms with Gasteiger partial charge in [0.25, 0.3) is 0 Å². The normalized spacial score (nSPS) is 13.1. The van der Waals surface area contributed by atoms with E-state index in [9.17, 15) is 18.0 Å². The Kier molecular flexibility index (Phi) is 12.2. The highest BCUT2D eigenvalue weighted by Gasteiger charge is 2.29. The molecule has 1 N–H and O–H groups in total. The van der Waals surface area contributed by atoms with Crippen molar-refractivity contribution in [3.8, 4) is 0 Å². The summed E-state index contributed by atoms with van der Waals surface area (Å²) in [5, 5.41) is 4.14. The Morgan fingerprint density at radius 1 is 1.00 bits per heavy atom. The number of halogens is 3. The molecule has 0 aliphatic heterocycles. The molecule has 0 saturated carbocycles. The van der Waals surface area contributed by atoms with Gasteiger partial charge in [0.2, 0.25) is 21.8 Å². The summed E-state index contributed by atoms with van der Waals surface area (Å²) in [6, 6.07) is 9.40. The number of rotatable bonds is 13. The Bertz CT molecular complexity index is 1240. The Morgan fingerprint density at radius 2 is 1.68 bits per heavy atom. The van der Waals surface area contributed by atoms with Crippen LogP contribution in [0.25, 0.3) is 0 Å². The molecule has 0 fully saturated rings. The van der Waals surface area contributed by atoms with Crippen molar-refractivity contribution in [2.45, 2.75) is 72.0 Å². The summed E-state index contributed by atoms with van der Waals surface area (Å²) in [5.41, 5.74) is 1.95. The lowest BCUT2D eigenvalue weighted by molar-refractivity contribution is -0.141.